The van der Waals surface area contributed by atoms with E-state index < -0.39 is 0 Å². The van der Waals surface area contributed by atoms with E-state index in [0.29, 0.717) is 11.9 Å². The maximum absolute atomic E-state index is 5.96. The zero-order valence-electron chi connectivity index (χ0n) is 12.1. The average molecular weight is 292 g/mol. The molecular formula is C16H22ClN3. The molecule has 2 atom stereocenters. The van der Waals surface area contributed by atoms with Crippen LogP contribution in [0, 0.1) is 5.92 Å². The zero-order chi connectivity index (χ0) is 13.9. The van der Waals surface area contributed by atoms with E-state index in [1.807, 2.05) is 12.4 Å². The molecule has 0 bridgehead atoms. The first-order chi connectivity index (χ1) is 9.83. The third-order valence-corrected chi connectivity index (χ3v) is 4.77. The molecule has 1 fully saturated rings. The highest BCUT2D eigenvalue weighted by Crippen LogP contribution is 2.36. The normalized spacial score (nSPS) is 23.3. The first-order valence-electron chi connectivity index (χ1n) is 7.70. The van der Waals surface area contributed by atoms with Crippen LogP contribution in [0.3, 0.4) is 0 Å². The smallest absolute Gasteiger partial charge is 0.111 e. The molecule has 4 heteroatoms. The molecule has 0 aromatic carbocycles. The van der Waals surface area contributed by atoms with Crippen LogP contribution in [0.15, 0.2) is 18.5 Å². The summed E-state index contributed by atoms with van der Waals surface area (Å²) in [4.78, 5) is 8.94. The van der Waals surface area contributed by atoms with Gasteiger partial charge in [0, 0.05) is 24.5 Å². The fraction of sp³-hybridized carbons (Fsp3) is 0.625. The quantitative estimate of drug-likeness (QED) is 0.784. The van der Waals surface area contributed by atoms with E-state index >= 15 is 0 Å². The first kappa shape index (κ1) is 13.9. The van der Waals surface area contributed by atoms with Gasteiger partial charge in [0.1, 0.15) is 11.3 Å². The number of hydrogen-bond donors (Lipinski definition) is 0. The van der Waals surface area contributed by atoms with Gasteiger partial charge in [-0.1, -0.05) is 26.2 Å². The second-order valence-corrected chi connectivity index (χ2v) is 6.17. The molecular weight excluding hydrogens is 270 g/mol. The van der Waals surface area contributed by atoms with Gasteiger partial charge in [-0.2, -0.15) is 0 Å². The Morgan fingerprint density at radius 1 is 1.40 bits per heavy atom. The number of halogens is 1. The maximum Gasteiger partial charge on any atom is 0.111 e. The highest BCUT2D eigenvalue weighted by molar-refractivity contribution is 6.17. The molecule has 2 unspecified atom stereocenters. The minimum atomic E-state index is 0.583. The van der Waals surface area contributed by atoms with Gasteiger partial charge < -0.3 is 4.57 Å². The van der Waals surface area contributed by atoms with Crippen molar-refractivity contribution >= 4 is 22.6 Å². The average Bonchev–Trinajstić information content (AvgIpc) is 2.85. The number of aromatic nitrogens is 3. The summed E-state index contributed by atoms with van der Waals surface area (Å²) in [5.41, 5.74) is 2.23. The Kier molecular flexibility index (Phi) is 4.25. The second-order valence-electron chi connectivity index (χ2n) is 5.80. The predicted octanol–water partition coefficient (Wildman–Crippen LogP) is 4.35. The molecule has 108 valence electrons. The molecule has 2 aromatic heterocycles. The molecule has 3 nitrogen and oxygen atoms in total. The van der Waals surface area contributed by atoms with Crippen molar-refractivity contribution in [2.75, 3.05) is 5.88 Å². The Morgan fingerprint density at radius 2 is 2.30 bits per heavy atom. The Bertz CT molecular complexity index is 578. The summed E-state index contributed by atoms with van der Waals surface area (Å²) in [7, 11) is 0. The first-order valence-corrected chi connectivity index (χ1v) is 8.23. The van der Waals surface area contributed by atoms with E-state index in [9.17, 15) is 0 Å². The van der Waals surface area contributed by atoms with Crippen LogP contribution >= 0.6 is 11.6 Å². The number of rotatable bonds is 4. The van der Waals surface area contributed by atoms with Crippen LogP contribution in [0.5, 0.6) is 0 Å². The highest BCUT2D eigenvalue weighted by atomic mass is 35.5. The standard InChI is InChI=1S/C16H22ClN3/c1-2-12-4-3-5-13(10-12)20-15-7-9-18-11-14(15)19-16(20)6-8-17/h7,9,11-13H,2-6,8,10H2,1H3. The Morgan fingerprint density at radius 3 is 3.10 bits per heavy atom. The van der Waals surface area contributed by atoms with Crippen LogP contribution in [-0.4, -0.2) is 20.4 Å². The summed E-state index contributed by atoms with van der Waals surface area (Å²) < 4.78 is 2.45. The summed E-state index contributed by atoms with van der Waals surface area (Å²) in [6.45, 7) is 2.31. The number of fused-ring (bicyclic) bond motifs is 1. The number of nitrogens with zero attached hydrogens (tertiary/aromatic N) is 3. The summed E-state index contributed by atoms with van der Waals surface area (Å²) in [6.07, 6.45) is 11.1. The second kappa shape index (κ2) is 6.13. The summed E-state index contributed by atoms with van der Waals surface area (Å²) in [5.74, 6) is 2.61. The van der Waals surface area contributed by atoms with Crippen LogP contribution in [-0.2, 0) is 6.42 Å². The molecule has 1 aliphatic carbocycles. The molecule has 0 saturated heterocycles. The molecule has 0 radical (unpaired) electrons. The lowest BCUT2D eigenvalue weighted by molar-refractivity contribution is 0.262. The molecule has 3 rings (SSSR count). The fourth-order valence-corrected chi connectivity index (χ4v) is 3.71. The summed E-state index contributed by atoms with van der Waals surface area (Å²) in [6, 6.07) is 2.68. The number of hydrogen-bond acceptors (Lipinski definition) is 2. The molecule has 1 saturated carbocycles. The van der Waals surface area contributed by atoms with Crippen LogP contribution in [0.4, 0.5) is 0 Å². The van der Waals surface area contributed by atoms with Crippen LogP contribution in [0.1, 0.15) is 50.9 Å². The van der Waals surface area contributed by atoms with E-state index in [2.05, 4.69) is 22.5 Å². The minimum Gasteiger partial charge on any atom is -0.325 e. The monoisotopic (exact) mass is 291 g/mol. The lowest BCUT2D eigenvalue weighted by Gasteiger charge is -2.31. The molecule has 0 aliphatic heterocycles. The number of imidazole rings is 1. The Hall–Kier alpha value is -1.09. The predicted molar refractivity (Wildman–Crippen MR) is 83.2 cm³/mol. The topological polar surface area (TPSA) is 30.7 Å². The van der Waals surface area contributed by atoms with Crippen molar-refractivity contribution in [3.05, 3.63) is 24.3 Å². The van der Waals surface area contributed by atoms with E-state index in [-0.39, 0.29) is 0 Å². The van der Waals surface area contributed by atoms with Gasteiger partial charge in [0.15, 0.2) is 0 Å². The third-order valence-electron chi connectivity index (χ3n) is 4.58. The van der Waals surface area contributed by atoms with Gasteiger partial charge in [0.25, 0.3) is 0 Å². The Balaban J connectivity index is 2.01. The van der Waals surface area contributed by atoms with Gasteiger partial charge >= 0.3 is 0 Å². The minimum absolute atomic E-state index is 0.583. The van der Waals surface area contributed by atoms with E-state index in [1.165, 1.54) is 37.6 Å². The summed E-state index contributed by atoms with van der Waals surface area (Å²) in [5, 5.41) is 0. The molecule has 0 amide bonds. The maximum atomic E-state index is 5.96. The number of aryl methyl sites for hydroxylation is 1. The van der Waals surface area contributed by atoms with Crippen molar-refractivity contribution in [3.8, 4) is 0 Å². The number of alkyl halides is 1. The summed E-state index contributed by atoms with van der Waals surface area (Å²) >= 11 is 5.96. The van der Waals surface area contributed by atoms with Crippen LogP contribution in [0.25, 0.3) is 11.0 Å². The zero-order valence-corrected chi connectivity index (χ0v) is 12.8. The molecule has 0 N–H and O–H groups in total. The number of pyridine rings is 1. The molecule has 0 spiro atoms. The van der Waals surface area contributed by atoms with Gasteiger partial charge in [-0.3, -0.25) is 4.98 Å². The van der Waals surface area contributed by atoms with Crippen molar-refractivity contribution in [2.24, 2.45) is 5.92 Å². The van der Waals surface area contributed by atoms with E-state index in [4.69, 9.17) is 16.6 Å². The lowest BCUT2D eigenvalue weighted by Crippen LogP contribution is -2.20. The van der Waals surface area contributed by atoms with Gasteiger partial charge in [-0.05, 0) is 24.8 Å². The van der Waals surface area contributed by atoms with Gasteiger partial charge in [0.2, 0.25) is 0 Å². The molecule has 20 heavy (non-hydrogen) atoms. The third kappa shape index (κ3) is 2.56. The lowest BCUT2D eigenvalue weighted by atomic mass is 9.84. The highest BCUT2D eigenvalue weighted by Gasteiger charge is 2.25. The SMILES string of the molecule is CCC1CCCC(n2c(CCCl)nc3cnccc32)C1. The van der Waals surface area contributed by atoms with Crippen molar-refractivity contribution in [2.45, 2.75) is 51.5 Å². The van der Waals surface area contributed by atoms with Crippen LogP contribution in [0.2, 0.25) is 0 Å². The fourth-order valence-electron chi connectivity index (χ4n) is 3.54. The van der Waals surface area contributed by atoms with Crippen molar-refractivity contribution < 1.29 is 0 Å². The van der Waals surface area contributed by atoms with Gasteiger partial charge in [-0.15, -0.1) is 11.6 Å². The largest absolute Gasteiger partial charge is 0.325 e. The molecule has 1 aliphatic rings. The molecule has 2 heterocycles. The van der Waals surface area contributed by atoms with Crippen molar-refractivity contribution in [1.82, 2.24) is 14.5 Å². The van der Waals surface area contributed by atoms with Gasteiger partial charge in [0.05, 0.1) is 11.7 Å². The van der Waals surface area contributed by atoms with E-state index in [1.54, 1.807) is 0 Å². The Labute approximate surface area is 125 Å². The molecule has 2 aromatic rings. The van der Waals surface area contributed by atoms with Crippen molar-refractivity contribution in [1.29, 1.82) is 0 Å². The van der Waals surface area contributed by atoms with Gasteiger partial charge in [-0.25, -0.2) is 4.98 Å². The van der Waals surface area contributed by atoms with Crippen molar-refractivity contribution in [3.63, 3.8) is 0 Å². The van der Waals surface area contributed by atoms with E-state index in [0.717, 1.165) is 23.7 Å². The van der Waals surface area contributed by atoms with Crippen LogP contribution < -0.4 is 0 Å².